The van der Waals surface area contributed by atoms with Crippen molar-refractivity contribution >= 4 is 40.7 Å². The van der Waals surface area contributed by atoms with Gasteiger partial charge in [-0.25, -0.2) is 0 Å². The van der Waals surface area contributed by atoms with Crippen LogP contribution in [0.2, 0.25) is 10.0 Å². The smallest absolute Gasteiger partial charge is 0.255 e. The summed E-state index contributed by atoms with van der Waals surface area (Å²) < 4.78 is 0. The minimum Gasteiger partial charge on any atom is -0.333 e. The number of fused-ring (bicyclic) bond motifs is 1. The summed E-state index contributed by atoms with van der Waals surface area (Å²) in [6, 6.07) is 19.2. The molecule has 1 heterocycles. The Balaban J connectivity index is 1.41. The normalized spacial score (nSPS) is 13.6. The lowest BCUT2D eigenvalue weighted by Crippen LogP contribution is -2.42. The summed E-state index contributed by atoms with van der Waals surface area (Å²) in [5, 5.41) is 3.95. The number of benzene rings is 3. The van der Waals surface area contributed by atoms with Gasteiger partial charge in [-0.3, -0.25) is 9.59 Å². The third-order valence-electron chi connectivity index (χ3n) is 5.31. The fourth-order valence-electron chi connectivity index (χ4n) is 3.67. The van der Waals surface area contributed by atoms with Crippen LogP contribution < -0.4 is 11.1 Å². The molecule has 7 heteroatoms. The van der Waals surface area contributed by atoms with Crippen LogP contribution >= 0.6 is 23.2 Å². The van der Waals surface area contributed by atoms with Gasteiger partial charge >= 0.3 is 0 Å². The predicted molar refractivity (Wildman–Crippen MR) is 123 cm³/mol. The number of carbonyl (C=O) groups excluding carboxylic acids is 2. The first-order chi connectivity index (χ1) is 14.9. The Hall–Kier alpha value is -2.86. The van der Waals surface area contributed by atoms with E-state index in [1.54, 1.807) is 35.2 Å². The van der Waals surface area contributed by atoms with Gasteiger partial charge in [0, 0.05) is 34.4 Å². The molecule has 0 saturated carbocycles. The third-order valence-corrected chi connectivity index (χ3v) is 5.89. The summed E-state index contributed by atoms with van der Waals surface area (Å²) in [5.74, 6) is -0.314. The maximum atomic E-state index is 12.9. The molecule has 0 saturated heterocycles. The molecule has 0 spiro atoms. The van der Waals surface area contributed by atoms with E-state index in [2.05, 4.69) is 5.32 Å². The largest absolute Gasteiger partial charge is 0.333 e. The van der Waals surface area contributed by atoms with Crippen molar-refractivity contribution in [2.75, 3.05) is 5.32 Å². The number of carbonyl (C=O) groups is 2. The van der Waals surface area contributed by atoms with Crippen molar-refractivity contribution in [3.05, 3.63) is 99.0 Å². The number of hydrogen-bond donors (Lipinski definition) is 2. The minimum atomic E-state index is -0.703. The second kappa shape index (κ2) is 9.10. The standard InChI is InChI=1S/C24H21Cl2N3O2/c25-19-8-6-16(21(26)12-19)11-22(27)24(31)29-13-17-7-9-20(10-18(17)14-29)28-23(30)15-4-2-1-3-5-15/h1-10,12,22H,11,13-14,27H2,(H,28,30). The first-order valence-electron chi connectivity index (χ1n) is 9.87. The fraction of sp³-hybridized carbons (Fsp3) is 0.167. The first kappa shape index (κ1) is 21.4. The molecule has 1 aliphatic heterocycles. The van der Waals surface area contributed by atoms with Crippen molar-refractivity contribution in [1.82, 2.24) is 4.90 Å². The summed E-state index contributed by atoms with van der Waals surface area (Å²) >= 11 is 12.1. The van der Waals surface area contributed by atoms with Gasteiger partial charge in [0.15, 0.2) is 0 Å². The molecule has 158 valence electrons. The van der Waals surface area contributed by atoms with Crippen LogP contribution in [0.5, 0.6) is 0 Å². The van der Waals surface area contributed by atoms with Gasteiger partial charge in [-0.2, -0.15) is 0 Å². The third kappa shape index (κ3) is 4.90. The Morgan fingerprint density at radius 2 is 1.71 bits per heavy atom. The molecule has 1 atom stereocenters. The van der Waals surface area contributed by atoms with Crippen LogP contribution in [0.1, 0.15) is 27.0 Å². The molecule has 3 N–H and O–H groups in total. The van der Waals surface area contributed by atoms with Gasteiger partial charge in [0.05, 0.1) is 6.04 Å². The average Bonchev–Trinajstić information content (AvgIpc) is 3.19. The Labute approximate surface area is 190 Å². The van der Waals surface area contributed by atoms with Crippen molar-refractivity contribution in [2.24, 2.45) is 5.73 Å². The fourth-order valence-corrected chi connectivity index (χ4v) is 4.15. The molecule has 4 rings (SSSR count). The van der Waals surface area contributed by atoms with Gasteiger partial charge in [-0.05, 0) is 59.5 Å². The van der Waals surface area contributed by atoms with Gasteiger partial charge in [-0.1, -0.05) is 53.5 Å². The quantitative estimate of drug-likeness (QED) is 0.589. The van der Waals surface area contributed by atoms with E-state index < -0.39 is 6.04 Å². The van der Waals surface area contributed by atoms with E-state index in [1.807, 2.05) is 36.4 Å². The molecule has 5 nitrogen and oxygen atoms in total. The minimum absolute atomic E-state index is 0.142. The van der Waals surface area contributed by atoms with Crippen LogP contribution in [-0.2, 0) is 24.3 Å². The Morgan fingerprint density at radius 3 is 2.45 bits per heavy atom. The zero-order valence-corrected chi connectivity index (χ0v) is 18.2. The number of amides is 2. The van der Waals surface area contributed by atoms with E-state index in [0.29, 0.717) is 40.8 Å². The highest BCUT2D eigenvalue weighted by atomic mass is 35.5. The van der Waals surface area contributed by atoms with Crippen LogP contribution in [-0.4, -0.2) is 22.8 Å². The topological polar surface area (TPSA) is 75.4 Å². The van der Waals surface area contributed by atoms with Gasteiger partial charge in [0.25, 0.3) is 5.91 Å². The molecule has 0 radical (unpaired) electrons. The highest BCUT2D eigenvalue weighted by molar-refractivity contribution is 6.35. The van der Waals surface area contributed by atoms with E-state index in [9.17, 15) is 9.59 Å². The monoisotopic (exact) mass is 453 g/mol. The zero-order valence-electron chi connectivity index (χ0n) is 16.6. The van der Waals surface area contributed by atoms with Crippen LogP contribution in [0, 0.1) is 0 Å². The van der Waals surface area contributed by atoms with E-state index in [0.717, 1.165) is 16.7 Å². The number of halogens is 2. The lowest BCUT2D eigenvalue weighted by molar-refractivity contribution is -0.133. The van der Waals surface area contributed by atoms with Crippen molar-refractivity contribution in [3.63, 3.8) is 0 Å². The Bertz CT molecular complexity index is 1130. The average molecular weight is 454 g/mol. The van der Waals surface area contributed by atoms with Gasteiger partial charge in [0.1, 0.15) is 0 Å². The molecule has 0 aromatic heterocycles. The molecule has 31 heavy (non-hydrogen) atoms. The number of nitrogens with one attached hydrogen (secondary N) is 1. The highest BCUT2D eigenvalue weighted by Gasteiger charge is 2.28. The second-order valence-corrected chi connectivity index (χ2v) is 8.39. The summed E-state index contributed by atoms with van der Waals surface area (Å²) in [5.41, 5.74) is 10.3. The number of anilines is 1. The van der Waals surface area contributed by atoms with Gasteiger partial charge in [0.2, 0.25) is 5.91 Å². The summed E-state index contributed by atoms with van der Waals surface area (Å²) in [6.07, 6.45) is 0.333. The molecular formula is C24H21Cl2N3O2. The SMILES string of the molecule is NC(Cc1ccc(Cl)cc1Cl)C(=O)N1Cc2ccc(NC(=O)c3ccccc3)cc2C1. The van der Waals surface area contributed by atoms with Crippen LogP contribution in [0.3, 0.4) is 0 Å². The van der Waals surface area contributed by atoms with Crippen molar-refractivity contribution in [2.45, 2.75) is 25.6 Å². The number of nitrogens with zero attached hydrogens (tertiary/aromatic N) is 1. The zero-order chi connectivity index (χ0) is 22.0. The van der Waals surface area contributed by atoms with Gasteiger partial charge in [-0.15, -0.1) is 0 Å². The maximum absolute atomic E-state index is 12.9. The number of hydrogen-bond acceptors (Lipinski definition) is 3. The van der Waals surface area contributed by atoms with E-state index in [4.69, 9.17) is 28.9 Å². The molecule has 0 aliphatic carbocycles. The van der Waals surface area contributed by atoms with Crippen LogP contribution in [0.15, 0.2) is 66.7 Å². The molecule has 1 aliphatic rings. The molecule has 2 amide bonds. The molecule has 3 aromatic carbocycles. The van der Waals surface area contributed by atoms with Crippen LogP contribution in [0.4, 0.5) is 5.69 Å². The summed E-state index contributed by atoms with van der Waals surface area (Å²) in [6.45, 7) is 0.939. The van der Waals surface area contributed by atoms with Crippen molar-refractivity contribution in [1.29, 1.82) is 0 Å². The lowest BCUT2D eigenvalue weighted by Gasteiger charge is -2.20. The lowest BCUT2D eigenvalue weighted by atomic mass is 10.1. The summed E-state index contributed by atoms with van der Waals surface area (Å²) in [4.78, 5) is 27.0. The first-order valence-corrected chi connectivity index (χ1v) is 10.6. The van der Waals surface area contributed by atoms with Crippen molar-refractivity contribution in [3.8, 4) is 0 Å². The number of rotatable bonds is 5. The van der Waals surface area contributed by atoms with Crippen molar-refractivity contribution < 1.29 is 9.59 Å². The molecular weight excluding hydrogens is 433 g/mol. The molecule has 0 bridgehead atoms. The van der Waals surface area contributed by atoms with Crippen LogP contribution in [0.25, 0.3) is 0 Å². The summed E-state index contributed by atoms with van der Waals surface area (Å²) in [7, 11) is 0. The molecule has 0 fully saturated rings. The number of nitrogens with two attached hydrogens (primary N) is 1. The van der Waals surface area contributed by atoms with E-state index >= 15 is 0 Å². The highest BCUT2D eigenvalue weighted by Crippen LogP contribution is 2.27. The Morgan fingerprint density at radius 1 is 0.968 bits per heavy atom. The Kier molecular flexibility index (Phi) is 6.28. The van der Waals surface area contributed by atoms with E-state index in [-0.39, 0.29) is 11.8 Å². The van der Waals surface area contributed by atoms with Gasteiger partial charge < -0.3 is 16.0 Å². The predicted octanol–water partition coefficient (Wildman–Crippen LogP) is 4.66. The molecule has 3 aromatic rings. The molecule has 1 unspecified atom stereocenters. The van der Waals surface area contributed by atoms with E-state index in [1.165, 1.54) is 0 Å². The second-order valence-electron chi connectivity index (χ2n) is 7.54. The maximum Gasteiger partial charge on any atom is 0.255 e.